The lowest BCUT2D eigenvalue weighted by Crippen LogP contribution is -2.07. The van der Waals surface area contributed by atoms with Crippen LogP contribution in [0.2, 0.25) is 0 Å². The molecule has 0 heterocycles. The summed E-state index contributed by atoms with van der Waals surface area (Å²) >= 11 is 0. The maximum Gasteiger partial charge on any atom is 0.310 e. The number of benzene rings is 2. The van der Waals surface area contributed by atoms with E-state index in [1.807, 2.05) is 36.4 Å². The summed E-state index contributed by atoms with van der Waals surface area (Å²) in [6.07, 6.45) is 0. The van der Waals surface area contributed by atoms with Crippen molar-refractivity contribution in [3.8, 4) is 5.75 Å². The Bertz CT molecular complexity index is 560. The third-order valence-electron chi connectivity index (χ3n) is 2.96. The molecule has 2 aromatic carbocycles. The molecule has 0 aromatic heterocycles. The van der Waals surface area contributed by atoms with Crippen molar-refractivity contribution in [2.45, 2.75) is 12.8 Å². The van der Waals surface area contributed by atoms with Crippen molar-refractivity contribution in [3.05, 3.63) is 42.0 Å². The molecule has 0 spiro atoms. The summed E-state index contributed by atoms with van der Waals surface area (Å²) in [5.41, 5.74) is 0.831. The monoisotopic (exact) mass is 230 g/mol. The number of aliphatic carboxylic acids is 1. The van der Waals surface area contributed by atoms with Crippen LogP contribution in [0, 0.1) is 0 Å². The number of fused-ring (bicyclic) bond motifs is 1. The molecule has 0 aliphatic heterocycles. The zero-order valence-corrected chi connectivity index (χ0v) is 9.81. The van der Waals surface area contributed by atoms with E-state index in [0.717, 1.165) is 22.1 Å². The highest BCUT2D eigenvalue weighted by molar-refractivity contribution is 5.91. The van der Waals surface area contributed by atoms with Gasteiger partial charge in [0, 0.05) is 0 Å². The summed E-state index contributed by atoms with van der Waals surface area (Å²) in [6.45, 7) is 1.70. The van der Waals surface area contributed by atoms with Gasteiger partial charge in [-0.05, 0) is 35.4 Å². The highest BCUT2D eigenvalue weighted by atomic mass is 16.5. The smallest absolute Gasteiger partial charge is 0.310 e. The molecule has 0 saturated heterocycles. The maximum absolute atomic E-state index is 11.0. The van der Waals surface area contributed by atoms with Crippen molar-refractivity contribution in [3.63, 3.8) is 0 Å². The van der Waals surface area contributed by atoms with Gasteiger partial charge in [0.2, 0.25) is 0 Å². The Hall–Kier alpha value is -2.03. The second-order valence-electron chi connectivity index (χ2n) is 3.99. The highest BCUT2D eigenvalue weighted by Crippen LogP contribution is 2.28. The van der Waals surface area contributed by atoms with E-state index in [-0.39, 0.29) is 0 Å². The lowest BCUT2D eigenvalue weighted by Gasteiger charge is -2.11. The molecule has 0 aliphatic carbocycles. The summed E-state index contributed by atoms with van der Waals surface area (Å²) in [5.74, 6) is -0.543. The first kappa shape index (κ1) is 11.5. The van der Waals surface area contributed by atoms with Crippen LogP contribution < -0.4 is 4.74 Å². The largest absolute Gasteiger partial charge is 0.497 e. The minimum absolute atomic E-state index is 0.507. The zero-order valence-electron chi connectivity index (χ0n) is 9.81. The lowest BCUT2D eigenvalue weighted by atomic mass is 9.95. The van der Waals surface area contributed by atoms with E-state index in [4.69, 9.17) is 9.84 Å². The average Bonchev–Trinajstić information content (AvgIpc) is 2.36. The number of carboxylic acid groups (broad SMARTS) is 1. The van der Waals surface area contributed by atoms with Gasteiger partial charge >= 0.3 is 5.97 Å². The van der Waals surface area contributed by atoms with Crippen LogP contribution in [0.1, 0.15) is 18.4 Å². The molecule has 0 fully saturated rings. The van der Waals surface area contributed by atoms with Crippen molar-refractivity contribution >= 4 is 16.7 Å². The third-order valence-corrected chi connectivity index (χ3v) is 2.96. The number of ether oxygens (including phenoxy) is 1. The van der Waals surface area contributed by atoms with Crippen LogP contribution in [0.4, 0.5) is 0 Å². The molecule has 17 heavy (non-hydrogen) atoms. The molecule has 0 saturated carbocycles. The summed E-state index contributed by atoms with van der Waals surface area (Å²) in [4.78, 5) is 11.0. The Morgan fingerprint density at radius 2 is 2.06 bits per heavy atom. The maximum atomic E-state index is 11.0. The minimum atomic E-state index is -0.812. The second kappa shape index (κ2) is 4.45. The topological polar surface area (TPSA) is 46.5 Å². The van der Waals surface area contributed by atoms with Crippen molar-refractivity contribution < 1.29 is 14.6 Å². The van der Waals surface area contributed by atoms with Crippen LogP contribution in [0.15, 0.2) is 36.4 Å². The quantitative estimate of drug-likeness (QED) is 0.881. The molecule has 88 valence electrons. The third kappa shape index (κ3) is 2.09. The Labute approximate surface area is 99.6 Å². The summed E-state index contributed by atoms with van der Waals surface area (Å²) in [7, 11) is 1.62. The normalized spacial score (nSPS) is 12.4. The molecule has 1 atom stereocenters. The zero-order chi connectivity index (χ0) is 12.4. The molecule has 0 unspecified atom stereocenters. The van der Waals surface area contributed by atoms with Crippen molar-refractivity contribution in [2.24, 2.45) is 0 Å². The van der Waals surface area contributed by atoms with E-state index in [1.165, 1.54) is 0 Å². The molecule has 3 nitrogen and oxygen atoms in total. The van der Waals surface area contributed by atoms with Gasteiger partial charge in [0.1, 0.15) is 5.75 Å². The Kier molecular flexibility index (Phi) is 3.00. The van der Waals surface area contributed by atoms with Gasteiger partial charge in [-0.2, -0.15) is 0 Å². The van der Waals surface area contributed by atoms with Gasteiger partial charge in [-0.25, -0.2) is 0 Å². The molecule has 2 aromatic rings. The van der Waals surface area contributed by atoms with E-state index in [9.17, 15) is 4.79 Å². The first-order chi connectivity index (χ1) is 8.13. The van der Waals surface area contributed by atoms with E-state index >= 15 is 0 Å². The Morgan fingerprint density at radius 1 is 1.29 bits per heavy atom. The number of methoxy groups -OCH3 is 1. The molecule has 1 N–H and O–H groups in total. The summed E-state index contributed by atoms with van der Waals surface area (Å²) in [6, 6.07) is 11.3. The number of carboxylic acids is 1. The predicted octanol–water partition coefficient (Wildman–Crippen LogP) is 3.04. The molecular formula is C14H14O3. The average molecular weight is 230 g/mol. The molecule has 2 rings (SSSR count). The van der Waals surface area contributed by atoms with E-state index in [0.29, 0.717) is 0 Å². The van der Waals surface area contributed by atoms with Gasteiger partial charge in [0.15, 0.2) is 0 Å². The summed E-state index contributed by atoms with van der Waals surface area (Å²) in [5, 5.41) is 11.0. The van der Waals surface area contributed by atoms with E-state index in [2.05, 4.69) is 0 Å². The Morgan fingerprint density at radius 3 is 2.71 bits per heavy atom. The van der Waals surface area contributed by atoms with Gasteiger partial charge in [-0.15, -0.1) is 0 Å². The van der Waals surface area contributed by atoms with E-state index in [1.54, 1.807) is 14.0 Å². The fraction of sp³-hybridized carbons (Fsp3) is 0.214. The number of hydrogen-bond acceptors (Lipinski definition) is 2. The highest BCUT2D eigenvalue weighted by Gasteiger charge is 2.16. The van der Waals surface area contributed by atoms with Crippen LogP contribution in [0.3, 0.4) is 0 Å². The number of carbonyl (C=O) groups is 1. The molecule has 0 radical (unpaired) electrons. The van der Waals surface area contributed by atoms with Crippen LogP contribution in [0.5, 0.6) is 5.75 Å². The van der Waals surface area contributed by atoms with Crippen LogP contribution in [-0.2, 0) is 4.79 Å². The van der Waals surface area contributed by atoms with Gasteiger partial charge in [0.05, 0.1) is 13.0 Å². The Balaban J connectivity index is 2.62. The standard InChI is InChI=1S/C14H14O3/c1-9(14(15)16)12-5-3-4-10-8-11(17-2)6-7-13(10)12/h3-9H,1-2H3,(H,15,16)/t9-/m1/s1. The molecular weight excluding hydrogens is 216 g/mol. The summed E-state index contributed by atoms with van der Waals surface area (Å²) < 4.78 is 5.15. The van der Waals surface area contributed by atoms with E-state index < -0.39 is 11.9 Å². The van der Waals surface area contributed by atoms with Crippen molar-refractivity contribution in [1.29, 1.82) is 0 Å². The fourth-order valence-corrected chi connectivity index (χ4v) is 1.92. The van der Waals surface area contributed by atoms with Crippen LogP contribution in [0.25, 0.3) is 10.8 Å². The molecule has 0 aliphatic rings. The molecule has 3 heteroatoms. The van der Waals surface area contributed by atoms with Gasteiger partial charge in [0.25, 0.3) is 0 Å². The van der Waals surface area contributed by atoms with Crippen molar-refractivity contribution in [1.82, 2.24) is 0 Å². The lowest BCUT2D eigenvalue weighted by molar-refractivity contribution is -0.138. The predicted molar refractivity (Wildman–Crippen MR) is 66.6 cm³/mol. The molecule has 0 bridgehead atoms. The van der Waals surface area contributed by atoms with Crippen molar-refractivity contribution in [2.75, 3.05) is 7.11 Å². The SMILES string of the molecule is COc1ccc2c([C@@H](C)C(=O)O)cccc2c1. The first-order valence-corrected chi connectivity index (χ1v) is 5.43. The number of rotatable bonds is 3. The van der Waals surface area contributed by atoms with Gasteiger partial charge in [-0.1, -0.05) is 24.3 Å². The second-order valence-corrected chi connectivity index (χ2v) is 3.99. The fourth-order valence-electron chi connectivity index (χ4n) is 1.92. The first-order valence-electron chi connectivity index (χ1n) is 5.43. The minimum Gasteiger partial charge on any atom is -0.497 e. The molecule has 0 amide bonds. The van der Waals surface area contributed by atoms with Crippen LogP contribution >= 0.6 is 0 Å². The van der Waals surface area contributed by atoms with Gasteiger partial charge in [-0.3, -0.25) is 4.79 Å². The van der Waals surface area contributed by atoms with Gasteiger partial charge < -0.3 is 9.84 Å². The van der Waals surface area contributed by atoms with Crippen LogP contribution in [-0.4, -0.2) is 18.2 Å². The number of hydrogen-bond donors (Lipinski definition) is 1.